The van der Waals surface area contributed by atoms with Crippen LogP contribution in [0.1, 0.15) is 27.2 Å². The molecule has 1 atom stereocenters. The van der Waals surface area contributed by atoms with Crippen LogP contribution in [-0.2, 0) is 0 Å². The largest absolute Gasteiger partial charge is 0.491 e. The standard InChI is InChI=1S/C15H24N2O/c1-4-13-11-16-9-10-17(13)14-5-7-15(8-6-14)18-12(2)3/h5-8,12-13,16H,4,9-11H2,1-3H3. The normalized spacial score (nSPS) is 20.2. The Morgan fingerprint density at radius 2 is 2.06 bits per heavy atom. The molecular weight excluding hydrogens is 224 g/mol. The van der Waals surface area contributed by atoms with Crippen molar-refractivity contribution in [2.75, 3.05) is 24.5 Å². The van der Waals surface area contributed by atoms with Crippen LogP contribution in [0.2, 0.25) is 0 Å². The van der Waals surface area contributed by atoms with Gasteiger partial charge in [-0.05, 0) is 44.5 Å². The molecule has 1 aliphatic heterocycles. The molecule has 1 aromatic rings. The van der Waals surface area contributed by atoms with Crippen molar-refractivity contribution in [1.82, 2.24) is 5.32 Å². The molecule has 0 bridgehead atoms. The Balaban J connectivity index is 2.07. The van der Waals surface area contributed by atoms with Gasteiger partial charge >= 0.3 is 0 Å². The molecule has 0 saturated carbocycles. The van der Waals surface area contributed by atoms with Crippen molar-refractivity contribution in [2.24, 2.45) is 0 Å². The van der Waals surface area contributed by atoms with Gasteiger partial charge in [0.25, 0.3) is 0 Å². The lowest BCUT2D eigenvalue weighted by Gasteiger charge is -2.37. The number of nitrogens with zero attached hydrogens (tertiary/aromatic N) is 1. The second-order valence-electron chi connectivity index (χ2n) is 5.12. The molecule has 1 aromatic carbocycles. The SMILES string of the molecule is CCC1CNCCN1c1ccc(OC(C)C)cc1. The number of anilines is 1. The Bertz CT molecular complexity index is 361. The first-order valence-corrected chi connectivity index (χ1v) is 6.94. The summed E-state index contributed by atoms with van der Waals surface area (Å²) >= 11 is 0. The summed E-state index contributed by atoms with van der Waals surface area (Å²) in [6.07, 6.45) is 1.41. The van der Waals surface area contributed by atoms with E-state index in [-0.39, 0.29) is 6.10 Å². The average molecular weight is 248 g/mol. The number of hydrogen-bond donors (Lipinski definition) is 1. The Morgan fingerprint density at radius 3 is 2.67 bits per heavy atom. The van der Waals surface area contributed by atoms with Crippen molar-refractivity contribution < 1.29 is 4.74 Å². The van der Waals surface area contributed by atoms with Gasteiger partial charge in [-0.1, -0.05) is 6.92 Å². The lowest BCUT2D eigenvalue weighted by molar-refractivity contribution is 0.242. The van der Waals surface area contributed by atoms with E-state index >= 15 is 0 Å². The zero-order chi connectivity index (χ0) is 13.0. The molecule has 100 valence electrons. The lowest BCUT2D eigenvalue weighted by atomic mass is 10.1. The first-order valence-electron chi connectivity index (χ1n) is 6.94. The minimum Gasteiger partial charge on any atom is -0.491 e. The average Bonchev–Trinajstić information content (AvgIpc) is 2.39. The monoisotopic (exact) mass is 248 g/mol. The van der Waals surface area contributed by atoms with Gasteiger partial charge in [-0.3, -0.25) is 0 Å². The van der Waals surface area contributed by atoms with Crippen molar-refractivity contribution in [1.29, 1.82) is 0 Å². The van der Waals surface area contributed by atoms with Crippen LogP contribution in [-0.4, -0.2) is 31.8 Å². The fourth-order valence-corrected chi connectivity index (χ4v) is 2.45. The summed E-state index contributed by atoms with van der Waals surface area (Å²) in [6, 6.07) is 9.10. The molecular formula is C15H24N2O. The molecule has 1 N–H and O–H groups in total. The van der Waals surface area contributed by atoms with E-state index in [2.05, 4.69) is 55.3 Å². The van der Waals surface area contributed by atoms with E-state index in [9.17, 15) is 0 Å². The summed E-state index contributed by atoms with van der Waals surface area (Å²) in [7, 11) is 0. The molecule has 2 rings (SSSR count). The van der Waals surface area contributed by atoms with Crippen LogP contribution in [0.4, 0.5) is 5.69 Å². The number of rotatable bonds is 4. The zero-order valence-corrected chi connectivity index (χ0v) is 11.6. The van der Waals surface area contributed by atoms with Gasteiger partial charge < -0.3 is 15.0 Å². The third kappa shape index (κ3) is 3.16. The van der Waals surface area contributed by atoms with E-state index in [1.165, 1.54) is 12.1 Å². The third-order valence-electron chi connectivity index (χ3n) is 3.36. The second kappa shape index (κ2) is 6.10. The van der Waals surface area contributed by atoms with E-state index in [4.69, 9.17) is 4.74 Å². The zero-order valence-electron chi connectivity index (χ0n) is 11.6. The Hall–Kier alpha value is -1.22. The van der Waals surface area contributed by atoms with Crippen LogP contribution in [0.15, 0.2) is 24.3 Å². The fourth-order valence-electron chi connectivity index (χ4n) is 2.45. The molecule has 1 aliphatic rings. The molecule has 0 radical (unpaired) electrons. The van der Waals surface area contributed by atoms with Crippen molar-refractivity contribution in [2.45, 2.75) is 39.3 Å². The highest BCUT2D eigenvalue weighted by atomic mass is 16.5. The first-order chi connectivity index (χ1) is 8.70. The number of hydrogen-bond acceptors (Lipinski definition) is 3. The summed E-state index contributed by atoms with van der Waals surface area (Å²) < 4.78 is 5.68. The smallest absolute Gasteiger partial charge is 0.119 e. The summed E-state index contributed by atoms with van der Waals surface area (Å²) in [4.78, 5) is 2.50. The van der Waals surface area contributed by atoms with Crippen LogP contribution in [0.25, 0.3) is 0 Å². The number of benzene rings is 1. The van der Waals surface area contributed by atoms with Gasteiger partial charge in [-0.15, -0.1) is 0 Å². The van der Waals surface area contributed by atoms with Crippen molar-refractivity contribution in [3.05, 3.63) is 24.3 Å². The van der Waals surface area contributed by atoms with Crippen molar-refractivity contribution in [3.8, 4) is 5.75 Å². The highest BCUT2D eigenvalue weighted by Crippen LogP contribution is 2.23. The van der Waals surface area contributed by atoms with Gasteiger partial charge in [0, 0.05) is 31.4 Å². The maximum Gasteiger partial charge on any atom is 0.119 e. The summed E-state index contributed by atoms with van der Waals surface area (Å²) in [5.74, 6) is 0.955. The Kier molecular flexibility index (Phi) is 4.48. The van der Waals surface area contributed by atoms with Gasteiger partial charge in [0.15, 0.2) is 0 Å². The van der Waals surface area contributed by atoms with Gasteiger partial charge in [0.05, 0.1) is 6.10 Å². The van der Waals surface area contributed by atoms with Crippen LogP contribution in [0.3, 0.4) is 0 Å². The Labute approximate surface area is 110 Å². The second-order valence-corrected chi connectivity index (χ2v) is 5.12. The lowest BCUT2D eigenvalue weighted by Crippen LogP contribution is -2.51. The molecule has 3 nitrogen and oxygen atoms in total. The highest BCUT2D eigenvalue weighted by molar-refractivity contribution is 5.50. The maximum atomic E-state index is 5.68. The number of piperazine rings is 1. The third-order valence-corrected chi connectivity index (χ3v) is 3.36. The van der Waals surface area contributed by atoms with E-state index in [1.807, 2.05) is 0 Å². The minimum atomic E-state index is 0.235. The molecule has 18 heavy (non-hydrogen) atoms. The van der Waals surface area contributed by atoms with Crippen LogP contribution in [0, 0.1) is 0 Å². The topological polar surface area (TPSA) is 24.5 Å². The van der Waals surface area contributed by atoms with E-state index in [0.29, 0.717) is 6.04 Å². The van der Waals surface area contributed by atoms with Gasteiger partial charge in [0.2, 0.25) is 0 Å². The molecule has 0 amide bonds. The van der Waals surface area contributed by atoms with Crippen LogP contribution in [0.5, 0.6) is 5.75 Å². The van der Waals surface area contributed by atoms with Gasteiger partial charge in [0.1, 0.15) is 5.75 Å². The number of nitrogens with one attached hydrogen (secondary N) is 1. The highest BCUT2D eigenvalue weighted by Gasteiger charge is 2.20. The quantitative estimate of drug-likeness (QED) is 0.886. The van der Waals surface area contributed by atoms with Gasteiger partial charge in [-0.2, -0.15) is 0 Å². The fraction of sp³-hybridized carbons (Fsp3) is 0.600. The molecule has 1 unspecified atom stereocenters. The molecule has 0 spiro atoms. The predicted octanol–water partition coefficient (Wildman–Crippen LogP) is 2.66. The summed E-state index contributed by atoms with van der Waals surface area (Å²) in [5, 5.41) is 3.46. The van der Waals surface area contributed by atoms with E-state index in [0.717, 1.165) is 25.4 Å². The summed E-state index contributed by atoms with van der Waals surface area (Å²) in [6.45, 7) is 9.60. The Morgan fingerprint density at radius 1 is 1.33 bits per heavy atom. The molecule has 0 aliphatic carbocycles. The maximum absolute atomic E-state index is 5.68. The molecule has 1 heterocycles. The van der Waals surface area contributed by atoms with E-state index < -0.39 is 0 Å². The van der Waals surface area contributed by atoms with Gasteiger partial charge in [-0.25, -0.2) is 0 Å². The van der Waals surface area contributed by atoms with Crippen LogP contribution < -0.4 is 15.0 Å². The summed E-state index contributed by atoms with van der Waals surface area (Å²) in [5.41, 5.74) is 1.31. The molecule has 3 heteroatoms. The molecule has 0 aromatic heterocycles. The minimum absolute atomic E-state index is 0.235. The predicted molar refractivity (Wildman–Crippen MR) is 76.5 cm³/mol. The van der Waals surface area contributed by atoms with E-state index in [1.54, 1.807) is 0 Å². The van der Waals surface area contributed by atoms with Crippen molar-refractivity contribution >= 4 is 5.69 Å². The first kappa shape index (κ1) is 13.2. The van der Waals surface area contributed by atoms with Crippen molar-refractivity contribution in [3.63, 3.8) is 0 Å². The van der Waals surface area contributed by atoms with Crippen LogP contribution >= 0.6 is 0 Å². The molecule has 1 fully saturated rings. The number of ether oxygens (including phenoxy) is 1. The molecule has 1 saturated heterocycles.